The highest BCUT2D eigenvalue weighted by molar-refractivity contribution is 6.07. The molecule has 38 heavy (non-hydrogen) atoms. The lowest BCUT2D eigenvalue weighted by Crippen LogP contribution is -2.19. The highest BCUT2D eigenvalue weighted by atomic mass is 19.4. The number of anilines is 1. The van der Waals surface area contributed by atoms with E-state index in [1.807, 2.05) is 0 Å². The number of hydrogen-bond acceptors (Lipinski definition) is 7. The normalized spacial score (nSPS) is 11.1. The second-order valence-electron chi connectivity index (χ2n) is 7.47. The topological polar surface area (TPSA) is 96.0 Å². The lowest BCUT2D eigenvalue weighted by atomic mass is 10.1. The third kappa shape index (κ3) is 5.43. The summed E-state index contributed by atoms with van der Waals surface area (Å²) in [5, 5.41) is 2.26. The molecule has 14 heteroatoms. The summed E-state index contributed by atoms with van der Waals surface area (Å²) < 4.78 is 103. The molecule has 1 amide bonds. The molecule has 0 aliphatic heterocycles. The molecule has 3 aromatic rings. The minimum atomic E-state index is -5.17. The number of aryl methyl sites for hydroxylation is 1. The van der Waals surface area contributed by atoms with E-state index in [0.717, 1.165) is 33.5 Å². The summed E-state index contributed by atoms with van der Waals surface area (Å²) in [4.78, 5) is 28.8. The van der Waals surface area contributed by atoms with E-state index in [0.29, 0.717) is 6.07 Å². The molecule has 1 heterocycles. The van der Waals surface area contributed by atoms with Crippen LogP contribution in [0.25, 0.3) is 0 Å². The van der Waals surface area contributed by atoms with Gasteiger partial charge < -0.3 is 24.3 Å². The molecule has 0 aliphatic rings. The van der Waals surface area contributed by atoms with Crippen molar-refractivity contribution in [3.8, 4) is 23.0 Å². The van der Waals surface area contributed by atoms with Gasteiger partial charge in [-0.25, -0.2) is 18.6 Å². The van der Waals surface area contributed by atoms with Crippen molar-refractivity contribution in [2.45, 2.75) is 13.1 Å². The van der Waals surface area contributed by atoms with E-state index < -0.39 is 69.6 Å². The van der Waals surface area contributed by atoms with Crippen molar-refractivity contribution in [1.29, 1.82) is 0 Å². The molecule has 0 spiro atoms. The molecule has 1 N–H and O–H groups in total. The van der Waals surface area contributed by atoms with Crippen molar-refractivity contribution in [2.24, 2.45) is 0 Å². The standard InChI is InChI=1S/C24H18F6N2O6/c1-10-9-31-14(23(34)37-4)8-13(10)32-22(33)17-16(7-11(24(28,29)30)20(35-2)19(17)27)38-15-6-5-12(25)18(26)21(15)36-3/h5-9H,1-4H3,(H,31,32,33). The summed E-state index contributed by atoms with van der Waals surface area (Å²) in [6.45, 7) is 1.47. The van der Waals surface area contributed by atoms with E-state index in [1.54, 1.807) is 0 Å². The summed E-state index contributed by atoms with van der Waals surface area (Å²) in [6.07, 6.45) is -3.98. The molecule has 2 aromatic carbocycles. The van der Waals surface area contributed by atoms with Crippen LogP contribution in [-0.2, 0) is 10.9 Å². The van der Waals surface area contributed by atoms with Gasteiger partial charge in [0.15, 0.2) is 23.1 Å². The number of pyridine rings is 1. The minimum absolute atomic E-state index is 0.0694. The number of ether oxygens (including phenoxy) is 4. The van der Waals surface area contributed by atoms with Gasteiger partial charge in [-0.05, 0) is 36.8 Å². The van der Waals surface area contributed by atoms with Crippen molar-refractivity contribution in [2.75, 3.05) is 26.6 Å². The Hall–Kier alpha value is -4.49. The highest BCUT2D eigenvalue weighted by Gasteiger charge is 2.39. The monoisotopic (exact) mass is 544 g/mol. The second kappa shape index (κ2) is 10.9. The minimum Gasteiger partial charge on any atom is -0.493 e. The molecule has 8 nitrogen and oxygen atoms in total. The van der Waals surface area contributed by atoms with Crippen LogP contribution >= 0.6 is 0 Å². The third-order valence-electron chi connectivity index (χ3n) is 5.11. The number of aromatic nitrogens is 1. The number of hydrogen-bond donors (Lipinski definition) is 1. The predicted octanol–water partition coefficient (Wildman–Crippen LogP) is 5.67. The Morgan fingerprint density at radius 3 is 2.16 bits per heavy atom. The van der Waals surface area contributed by atoms with Crippen LogP contribution in [0.2, 0.25) is 0 Å². The Morgan fingerprint density at radius 2 is 1.58 bits per heavy atom. The van der Waals surface area contributed by atoms with E-state index >= 15 is 4.39 Å². The molecule has 0 atom stereocenters. The fourth-order valence-electron chi connectivity index (χ4n) is 3.27. The van der Waals surface area contributed by atoms with E-state index in [9.17, 15) is 31.5 Å². The first-order valence-electron chi connectivity index (χ1n) is 10.4. The van der Waals surface area contributed by atoms with Gasteiger partial charge in [0.05, 0.1) is 21.3 Å². The number of methoxy groups -OCH3 is 3. The lowest BCUT2D eigenvalue weighted by Gasteiger charge is -2.20. The fourth-order valence-corrected chi connectivity index (χ4v) is 3.27. The molecule has 0 saturated heterocycles. The quantitative estimate of drug-likeness (QED) is 0.302. The summed E-state index contributed by atoms with van der Waals surface area (Å²) in [5.41, 5.74) is -2.76. The van der Waals surface area contributed by atoms with Crippen LogP contribution in [0.4, 0.5) is 32.0 Å². The van der Waals surface area contributed by atoms with Gasteiger partial charge in [-0.15, -0.1) is 0 Å². The molecule has 202 valence electrons. The van der Waals surface area contributed by atoms with Gasteiger partial charge in [0, 0.05) is 11.9 Å². The maximum absolute atomic E-state index is 15.5. The highest BCUT2D eigenvalue weighted by Crippen LogP contribution is 2.45. The molecular formula is C24H18F6N2O6. The average Bonchev–Trinajstić information content (AvgIpc) is 2.86. The van der Waals surface area contributed by atoms with E-state index in [2.05, 4.69) is 19.8 Å². The summed E-state index contributed by atoms with van der Waals surface area (Å²) in [7, 11) is 2.77. The molecular weight excluding hydrogens is 526 g/mol. The fraction of sp³-hybridized carbons (Fsp3) is 0.208. The molecule has 0 bridgehead atoms. The van der Waals surface area contributed by atoms with Gasteiger partial charge in [0.2, 0.25) is 11.6 Å². The smallest absolute Gasteiger partial charge is 0.420 e. The number of alkyl halides is 3. The van der Waals surface area contributed by atoms with Crippen LogP contribution in [0.1, 0.15) is 32.0 Å². The Morgan fingerprint density at radius 1 is 0.921 bits per heavy atom. The van der Waals surface area contributed by atoms with E-state index in [4.69, 9.17) is 9.47 Å². The maximum Gasteiger partial charge on any atom is 0.420 e. The van der Waals surface area contributed by atoms with E-state index in [1.165, 1.54) is 13.1 Å². The number of nitrogens with zero attached hydrogens (tertiary/aromatic N) is 1. The van der Waals surface area contributed by atoms with Crippen molar-refractivity contribution in [3.63, 3.8) is 0 Å². The summed E-state index contributed by atoms with van der Waals surface area (Å²) >= 11 is 0. The zero-order valence-corrected chi connectivity index (χ0v) is 20.1. The Bertz CT molecular complexity index is 1410. The number of halogens is 6. The number of esters is 1. The molecule has 0 saturated carbocycles. The number of carbonyl (C=O) groups is 2. The van der Waals surface area contributed by atoms with Crippen LogP contribution in [0.3, 0.4) is 0 Å². The van der Waals surface area contributed by atoms with Crippen molar-refractivity contribution in [3.05, 3.63) is 70.3 Å². The number of rotatable bonds is 7. The first-order chi connectivity index (χ1) is 17.8. The Kier molecular flexibility index (Phi) is 8.03. The zero-order chi connectivity index (χ0) is 28.4. The molecule has 0 fully saturated rings. The number of amides is 1. The van der Waals surface area contributed by atoms with Crippen LogP contribution in [0, 0.1) is 24.4 Å². The molecule has 0 radical (unpaired) electrons. The number of nitrogens with one attached hydrogen (secondary N) is 1. The predicted molar refractivity (Wildman–Crippen MR) is 119 cm³/mol. The molecule has 0 unspecified atom stereocenters. The van der Waals surface area contributed by atoms with Crippen molar-refractivity contribution < 1.29 is 54.9 Å². The second-order valence-corrected chi connectivity index (χ2v) is 7.47. The van der Waals surface area contributed by atoms with Crippen LogP contribution in [0.15, 0.2) is 30.5 Å². The first-order valence-corrected chi connectivity index (χ1v) is 10.4. The van der Waals surface area contributed by atoms with Gasteiger partial charge in [0.25, 0.3) is 5.91 Å². The number of benzene rings is 2. The molecule has 0 aliphatic carbocycles. The lowest BCUT2D eigenvalue weighted by molar-refractivity contribution is -0.139. The maximum atomic E-state index is 15.5. The molecule has 3 rings (SSSR count). The van der Waals surface area contributed by atoms with Gasteiger partial charge in [-0.1, -0.05) is 0 Å². The SMILES string of the molecule is COC(=O)c1cc(NC(=O)c2c(Oc3ccc(F)c(F)c3OC)cc(C(F)(F)F)c(OC)c2F)c(C)cn1. The van der Waals surface area contributed by atoms with Gasteiger partial charge >= 0.3 is 12.1 Å². The number of carbonyl (C=O) groups excluding carboxylic acids is 2. The van der Waals surface area contributed by atoms with Gasteiger partial charge in [0.1, 0.15) is 22.6 Å². The van der Waals surface area contributed by atoms with Crippen molar-refractivity contribution in [1.82, 2.24) is 4.98 Å². The van der Waals surface area contributed by atoms with E-state index in [-0.39, 0.29) is 23.0 Å². The van der Waals surface area contributed by atoms with Crippen molar-refractivity contribution >= 4 is 17.6 Å². The first kappa shape index (κ1) is 28.1. The summed E-state index contributed by atoms with van der Waals surface area (Å²) in [5.74, 6) is -10.7. The average molecular weight is 544 g/mol. The Balaban J connectivity index is 2.21. The van der Waals surface area contributed by atoms with Crippen LogP contribution in [-0.4, -0.2) is 38.2 Å². The largest absolute Gasteiger partial charge is 0.493 e. The Labute approximate surface area is 211 Å². The zero-order valence-electron chi connectivity index (χ0n) is 20.1. The van der Waals surface area contributed by atoms with Gasteiger partial charge in [-0.2, -0.15) is 17.6 Å². The summed E-state index contributed by atoms with van der Waals surface area (Å²) in [6, 6.07) is 2.75. The van der Waals surface area contributed by atoms with Crippen LogP contribution < -0.4 is 19.5 Å². The van der Waals surface area contributed by atoms with Gasteiger partial charge in [-0.3, -0.25) is 4.79 Å². The van der Waals surface area contributed by atoms with Crippen LogP contribution in [0.5, 0.6) is 23.0 Å². The third-order valence-corrected chi connectivity index (χ3v) is 5.11. The molecule has 1 aromatic heterocycles.